The third kappa shape index (κ3) is 3.65. The Morgan fingerprint density at radius 1 is 0.974 bits per heavy atom. The molecule has 3 N–H and O–H groups in total. The highest BCUT2D eigenvalue weighted by Gasteiger charge is 2.21. The van der Waals surface area contributed by atoms with E-state index in [1.54, 1.807) is 15.4 Å². The van der Waals surface area contributed by atoms with Crippen LogP contribution in [0, 0.1) is 19.7 Å². The third-order valence-electron chi connectivity index (χ3n) is 6.61. The maximum Gasteiger partial charge on any atom is 0.264 e. The molecule has 0 fully saturated rings. The number of aromatic nitrogens is 6. The molecule has 4 heterocycles. The summed E-state index contributed by atoms with van der Waals surface area (Å²) in [6, 6.07) is 15.3. The SMILES string of the molecule is Cc1cccnc1-n1c(Cn2nc(-c3ccc(F)c(O)c3)c3c(N)ncnc32)cc2cccc(C)c2c1=O. The summed E-state index contributed by atoms with van der Waals surface area (Å²) >= 11 is 0. The minimum atomic E-state index is -0.747. The van der Waals surface area contributed by atoms with E-state index >= 15 is 0 Å². The average molecular weight is 508 g/mol. The van der Waals surface area contributed by atoms with Gasteiger partial charge in [-0.3, -0.25) is 9.36 Å². The Bertz CT molecular complexity index is 1940. The smallest absolute Gasteiger partial charge is 0.264 e. The highest BCUT2D eigenvalue weighted by molar-refractivity contribution is 5.98. The van der Waals surface area contributed by atoms with E-state index in [9.17, 15) is 14.3 Å². The number of nitrogen functional groups attached to an aromatic ring is 1. The molecule has 9 nitrogen and oxygen atoms in total. The van der Waals surface area contributed by atoms with Crippen LogP contribution in [0.1, 0.15) is 16.8 Å². The first-order chi connectivity index (χ1) is 18.3. The average Bonchev–Trinajstić information content (AvgIpc) is 3.26. The van der Waals surface area contributed by atoms with Crippen molar-refractivity contribution in [3.8, 4) is 22.8 Å². The van der Waals surface area contributed by atoms with Crippen LogP contribution in [0.5, 0.6) is 5.75 Å². The Kier molecular flexibility index (Phi) is 5.37. The zero-order valence-corrected chi connectivity index (χ0v) is 20.6. The molecule has 0 saturated carbocycles. The number of benzene rings is 2. The molecule has 0 atom stereocenters. The molecule has 6 rings (SSSR count). The van der Waals surface area contributed by atoms with Gasteiger partial charge in [0, 0.05) is 11.8 Å². The number of fused-ring (bicyclic) bond motifs is 2. The van der Waals surface area contributed by atoms with Gasteiger partial charge in [-0.05, 0) is 60.7 Å². The van der Waals surface area contributed by atoms with Gasteiger partial charge < -0.3 is 10.8 Å². The number of hydrogen-bond donors (Lipinski definition) is 2. The standard InChI is InChI=1S/C28H22FN7O2/c1-15-5-3-7-17-11-19(36(28(38)22(15)17)26-16(2)6-4-10-31-26)13-35-27-23(25(30)32-14-33-27)24(34-35)18-8-9-20(29)21(37)12-18/h3-12,14,37H,13H2,1-2H3,(H2,30,32,33). The molecule has 0 aliphatic heterocycles. The Labute approximate surface area is 215 Å². The molecule has 0 aliphatic carbocycles. The lowest BCUT2D eigenvalue weighted by atomic mass is 10.1. The van der Waals surface area contributed by atoms with Crippen LogP contribution in [0.4, 0.5) is 10.2 Å². The minimum Gasteiger partial charge on any atom is -0.505 e. The number of nitrogens with two attached hydrogens (primary N) is 1. The molecule has 2 aromatic carbocycles. The van der Waals surface area contributed by atoms with Crippen molar-refractivity contribution in [3.63, 3.8) is 0 Å². The van der Waals surface area contributed by atoms with Crippen molar-refractivity contribution in [2.24, 2.45) is 0 Å². The zero-order chi connectivity index (χ0) is 26.6. The molecule has 0 unspecified atom stereocenters. The number of rotatable bonds is 4. The van der Waals surface area contributed by atoms with Crippen LogP contribution in [0.2, 0.25) is 0 Å². The van der Waals surface area contributed by atoms with Crippen molar-refractivity contribution in [3.05, 3.63) is 100 Å². The van der Waals surface area contributed by atoms with Crippen molar-refractivity contribution < 1.29 is 9.50 Å². The predicted molar refractivity (Wildman–Crippen MR) is 143 cm³/mol. The molecule has 0 saturated heterocycles. The summed E-state index contributed by atoms with van der Waals surface area (Å²) < 4.78 is 17.0. The first-order valence-electron chi connectivity index (χ1n) is 11.9. The molecule has 4 aromatic heterocycles. The van der Waals surface area contributed by atoms with Gasteiger partial charge in [0.1, 0.15) is 23.7 Å². The van der Waals surface area contributed by atoms with Crippen molar-refractivity contribution >= 4 is 27.6 Å². The van der Waals surface area contributed by atoms with Gasteiger partial charge in [0.2, 0.25) is 0 Å². The second-order valence-electron chi connectivity index (χ2n) is 9.09. The van der Waals surface area contributed by atoms with Gasteiger partial charge in [-0.2, -0.15) is 5.10 Å². The summed E-state index contributed by atoms with van der Waals surface area (Å²) in [4.78, 5) is 27.0. The molecule has 38 heavy (non-hydrogen) atoms. The van der Waals surface area contributed by atoms with Gasteiger partial charge in [-0.15, -0.1) is 0 Å². The number of phenols is 1. The fourth-order valence-corrected chi connectivity index (χ4v) is 4.81. The van der Waals surface area contributed by atoms with Crippen LogP contribution >= 0.6 is 0 Å². The van der Waals surface area contributed by atoms with Gasteiger partial charge in [-0.1, -0.05) is 24.3 Å². The highest BCUT2D eigenvalue weighted by atomic mass is 19.1. The van der Waals surface area contributed by atoms with E-state index in [0.717, 1.165) is 22.6 Å². The number of halogens is 1. The summed E-state index contributed by atoms with van der Waals surface area (Å²) in [5, 5.41) is 16.6. The number of phenolic OH excluding ortho intramolecular Hbond substituents is 1. The normalized spacial score (nSPS) is 11.4. The zero-order valence-electron chi connectivity index (χ0n) is 20.6. The Morgan fingerprint density at radius 3 is 2.58 bits per heavy atom. The van der Waals surface area contributed by atoms with Crippen LogP contribution < -0.4 is 11.3 Å². The van der Waals surface area contributed by atoms with E-state index < -0.39 is 11.6 Å². The van der Waals surface area contributed by atoms with Crippen molar-refractivity contribution in [1.82, 2.24) is 29.3 Å². The molecule has 0 amide bonds. The van der Waals surface area contributed by atoms with Gasteiger partial charge in [-0.25, -0.2) is 24.0 Å². The maximum absolute atomic E-state index is 13.9. The summed E-state index contributed by atoms with van der Waals surface area (Å²) in [6.45, 7) is 3.95. The van der Waals surface area contributed by atoms with Crippen LogP contribution in [0.15, 0.2) is 71.9 Å². The number of aryl methyl sites for hydroxylation is 2. The molecule has 10 heteroatoms. The topological polar surface area (TPSA) is 125 Å². The number of nitrogens with zero attached hydrogens (tertiary/aromatic N) is 6. The lowest BCUT2D eigenvalue weighted by Gasteiger charge is -2.16. The minimum absolute atomic E-state index is 0.148. The second-order valence-corrected chi connectivity index (χ2v) is 9.09. The summed E-state index contributed by atoms with van der Waals surface area (Å²) in [5.74, 6) is -0.549. The third-order valence-corrected chi connectivity index (χ3v) is 6.61. The summed E-state index contributed by atoms with van der Waals surface area (Å²) in [7, 11) is 0. The molecule has 0 spiro atoms. The fourth-order valence-electron chi connectivity index (χ4n) is 4.81. The molecular formula is C28H22FN7O2. The molecule has 188 valence electrons. The van der Waals surface area contributed by atoms with E-state index in [4.69, 9.17) is 10.8 Å². The molecular weight excluding hydrogens is 485 g/mol. The number of hydrogen-bond acceptors (Lipinski definition) is 7. The molecule has 6 aromatic rings. The van der Waals surface area contributed by atoms with Crippen molar-refractivity contribution in [2.45, 2.75) is 20.4 Å². The number of pyridine rings is 2. The van der Waals surface area contributed by atoms with Crippen LogP contribution in [0.3, 0.4) is 0 Å². The van der Waals surface area contributed by atoms with E-state index in [1.807, 2.05) is 50.2 Å². The Balaban J connectivity index is 1.62. The van der Waals surface area contributed by atoms with Gasteiger partial charge in [0.05, 0.1) is 23.0 Å². The van der Waals surface area contributed by atoms with Crippen LogP contribution in [-0.2, 0) is 6.54 Å². The van der Waals surface area contributed by atoms with Crippen LogP contribution in [-0.4, -0.2) is 34.4 Å². The lowest BCUT2D eigenvalue weighted by molar-refractivity contribution is 0.432. The largest absolute Gasteiger partial charge is 0.505 e. The molecule has 0 aliphatic rings. The Morgan fingerprint density at radius 2 is 1.79 bits per heavy atom. The van der Waals surface area contributed by atoms with Crippen molar-refractivity contribution in [2.75, 3.05) is 5.73 Å². The first kappa shape index (κ1) is 23.3. The predicted octanol–water partition coefficient (Wildman–Crippen LogP) is 4.28. The van der Waals surface area contributed by atoms with E-state index in [1.165, 1.54) is 18.5 Å². The van der Waals surface area contributed by atoms with E-state index in [-0.39, 0.29) is 17.9 Å². The fraction of sp³-hybridized carbons (Fsp3) is 0.107. The van der Waals surface area contributed by atoms with Gasteiger partial charge >= 0.3 is 0 Å². The lowest BCUT2D eigenvalue weighted by Crippen LogP contribution is -2.26. The van der Waals surface area contributed by atoms with Gasteiger partial charge in [0.15, 0.2) is 17.2 Å². The Hall–Kier alpha value is -5.12. The molecule has 0 radical (unpaired) electrons. The molecule has 0 bridgehead atoms. The summed E-state index contributed by atoms with van der Waals surface area (Å²) in [6.07, 6.45) is 2.98. The van der Waals surface area contributed by atoms with E-state index in [2.05, 4.69) is 15.0 Å². The first-order valence-corrected chi connectivity index (χ1v) is 11.9. The highest BCUT2D eigenvalue weighted by Crippen LogP contribution is 2.33. The van der Waals surface area contributed by atoms with Gasteiger partial charge in [0.25, 0.3) is 5.56 Å². The second kappa shape index (κ2) is 8.77. The summed E-state index contributed by atoms with van der Waals surface area (Å²) in [5.41, 5.74) is 9.62. The monoisotopic (exact) mass is 507 g/mol. The number of aromatic hydroxyl groups is 1. The maximum atomic E-state index is 13.9. The van der Waals surface area contributed by atoms with Crippen LogP contribution in [0.25, 0.3) is 38.9 Å². The van der Waals surface area contributed by atoms with Crippen molar-refractivity contribution in [1.29, 1.82) is 0 Å². The van der Waals surface area contributed by atoms with E-state index in [0.29, 0.717) is 39.2 Å². The quantitative estimate of drug-likeness (QED) is 0.365. The number of anilines is 1.